The number of esters is 2. The van der Waals surface area contributed by atoms with Crippen LogP contribution >= 0.6 is 7.82 Å². The molecule has 0 fully saturated rings. The second-order valence-corrected chi connectivity index (χ2v) is 17.9. The molecule has 0 aliphatic heterocycles. The van der Waals surface area contributed by atoms with Gasteiger partial charge in [0, 0.05) is 12.8 Å². The number of allylic oxidation sites excluding steroid dienone is 8. The number of phosphoric acid groups is 1. The van der Waals surface area contributed by atoms with Gasteiger partial charge in [0.1, 0.15) is 19.8 Å². The number of nitrogens with zero attached hydrogens (tertiary/aromatic N) is 1. The van der Waals surface area contributed by atoms with Gasteiger partial charge >= 0.3 is 19.8 Å². The summed E-state index contributed by atoms with van der Waals surface area (Å²) in [7, 11) is 1.45. The molecule has 0 spiro atoms. The topological polar surface area (TPSA) is 108 Å². The van der Waals surface area contributed by atoms with E-state index >= 15 is 0 Å². The molecule has 0 aromatic carbocycles. The second-order valence-electron chi connectivity index (χ2n) is 16.4. The molecule has 2 atom stereocenters. The van der Waals surface area contributed by atoms with Gasteiger partial charge in [0.25, 0.3) is 0 Å². The lowest BCUT2D eigenvalue weighted by molar-refractivity contribution is -0.870. The molecule has 0 amide bonds. The molecule has 0 aliphatic carbocycles. The zero-order valence-electron chi connectivity index (χ0n) is 37.3. The number of unbranched alkanes of at least 4 members (excludes halogenated alkanes) is 19. The van der Waals surface area contributed by atoms with E-state index in [1.807, 2.05) is 21.1 Å². The molecule has 1 unspecified atom stereocenters. The van der Waals surface area contributed by atoms with Crippen molar-refractivity contribution in [3.63, 3.8) is 0 Å². The molecule has 332 valence electrons. The van der Waals surface area contributed by atoms with Crippen molar-refractivity contribution in [2.45, 2.75) is 193 Å². The fraction of sp³-hybridized carbons (Fsp3) is 0.787. The molecule has 0 aromatic heterocycles. The van der Waals surface area contributed by atoms with Crippen molar-refractivity contribution in [2.75, 3.05) is 47.5 Å². The number of phosphoric ester groups is 1. The van der Waals surface area contributed by atoms with Gasteiger partial charge in [0.15, 0.2) is 6.10 Å². The lowest BCUT2D eigenvalue weighted by atomic mass is 10.0. The molecule has 1 N–H and O–H groups in total. The van der Waals surface area contributed by atoms with Crippen LogP contribution in [0, 0.1) is 0 Å². The van der Waals surface area contributed by atoms with E-state index < -0.39 is 32.5 Å². The lowest BCUT2D eigenvalue weighted by Gasteiger charge is -2.24. The summed E-state index contributed by atoms with van der Waals surface area (Å²) in [4.78, 5) is 35.4. The summed E-state index contributed by atoms with van der Waals surface area (Å²) in [6.45, 7) is 4.27. The van der Waals surface area contributed by atoms with Crippen molar-refractivity contribution >= 4 is 19.8 Å². The molecule has 0 saturated carbocycles. The summed E-state index contributed by atoms with van der Waals surface area (Å²) in [5.41, 5.74) is 0. The van der Waals surface area contributed by atoms with Gasteiger partial charge < -0.3 is 18.9 Å². The van der Waals surface area contributed by atoms with Crippen LogP contribution in [-0.2, 0) is 32.7 Å². The maximum Gasteiger partial charge on any atom is 0.472 e. The van der Waals surface area contributed by atoms with Gasteiger partial charge in [-0.05, 0) is 51.4 Å². The zero-order chi connectivity index (χ0) is 42.1. The molecule has 0 saturated heterocycles. The highest BCUT2D eigenvalue weighted by Crippen LogP contribution is 2.43. The standard InChI is InChI=1S/C47H86NO8P/c1-6-8-10-12-14-16-18-20-22-23-24-26-28-30-32-34-36-38-40-47(50)56-45(44-55-57(51,52)54-42-41-48(3,4)5)43-53-46(49)39-37-35-33-31-29-27-25-21-19-17-15-13-11-9-7-2/h9,11,15,17,21,25,29,31,45H,6-8,10,12-14,16,18-20,22-24,26-28,30,32-44H2,1-5H3/p+1/b11-9-,17-15-,25-21-,31-29-/t45-/m1/s1. The fourth-order valence-corrected chi connectivity index (χ4v) is 6.81. The second kappa shape index (κ2) is 39.4. The molecule has 0 aromatic rings. The van der Waals surface area contributed by atoms with Crippen LogP contribution < -0.4 is 0 Å². The van der Waals surface area contributed by atoms with Gasteiger partial charge in [-0.25, -0.2) is 4.57 Å². The number of carbonyl (C=O) groups excluding carboxylic acids is 2. The van der Waals surface area contributed by atoms with Gasteiger partial charge in [0.05, 0.1) is 27.7 Å². The van der Waals surface area contributed by atoms with Crippen molar-refractivity contribution in [2.24, 2.45) is 0 Å². The maximum atomic E-state index is 12.7. The summed E-state index contributed by atoms with van der Waals surface area (Å²) >= 11 is 0. The van der Waals surface area contributed by atoms with Crippen LogP contribution in [0.25, 0.3) is 0 Å². The predicted octanol–water partition coefficient (Wildman–Crippen LogP) is 13.1. The SMILES string of the molecule is CC/C=C\C/C=C\C/C=C\C/C=C\CCCCC(=O)OC[C@H](COP(=O)(O)OCC[N+](C)(C)C)OC(=O)CCCCCCCCCCCCCCCCCCCC. The Labute approximate surface area is 350 Å². The number of hydrogen-bond donors (Lipinski definition) is 1. The van der Waals surface area contributed by atoms with E-state index in [1.54, 1.807) is 0 Å². The first-order valence-corrected chi connectivity index (χ1v) is 24.4. The van der Waals surface area contributed by atoms with Crippen LogP contribution in [0.2, 0.25) is 0 Å². The monoisotopic (exact) mass is 825 g/mol. The number of likely N-dealkylation sites (N-methyl/N-ethyl adjacent to an activating group) is 1. The molecule has 0 bridgehead atoms. The first kappa shape index (κ1) is 55.0. The van der Waals surface area contributed by atoms with Crippen LogP contribution in [0.1, 0.15) is 187 Å². The van der Waals surface area contributed by atoms with E-state index in [9.17, 15) is 19.0 Å². The number of carbonyl (C=O) groups is 2. The Balaban J connectivity index is 4.37. The van der Waals surface area contributed by atoms with Crippen molar-refractivity contribution in [3.8, 4) is 0 Å². The Bertz CT molecular complexity index is 1110. The fourth-order valence-electron chi connectivity index (χ4n) is 6.06. The normalized spacial score (nSPS) is 14.0. The number of ether oxygens (including phenoxy) is 2. The Hall–Kier alpha value is -2.03. The van der Waals surface area contributed by atoms with E-state index in [4.69, 9.17) is 18.5 Å². The minimum Gasteiger partial charge on any atom is -0.462 e. The molecule has 0 heterocycles. The zero-order valence-corrected chi connectivity index (χ0v) is 38.2. The van der Waals surface area contributed by atoms with Gasteiger partial charge in [0.2, 0.25) is 0 Å². The number of hydrogen-bond acceptors (Lipinski definition) is 7. The number of rotatable bonds is 41. The van der Waals surface area contributed by atoms with Crippen LogP contribution in [-0.4, -0.2) is 74.9 Å². The van der Waals surface area contributed by atoms with E-state index in [2.05, 4.69) is 62.5 Å². The molecule has 10 heteroatoms. The Morgan fingerprint density at radius 3 is 1.49 bits per heavy atom. The predicted molar refractivity (Wildman–Crippen MR) is 238 cm³/mol. The van der Waals surface area contributed by atoms with Crippen LogP contribution in [0.15, 0.2) is 48.6 Å². The van der Waals surface area contributed by atoms with Crippen molar-refractivity contribution in [3.05, 3.63) is 48.6 Å². The Morgan fingerprint density at radius 1 is 0.561 bits per heavy atom. The summed E-state index contributed by atoms with van der Waals surface area (Å²) in [5, 5.41) is 0. The maximum absolute atomic E-state index is 12.7. The summed E-state index contributed by atoms with van der Waals surface area (Å²) < 4.78 is 34.3. The van der Waals surface area contributed by atoms with Crippen molar-refractivity contribution < 1.29 is 42.1 Å². The van der Waals surface area contributed by atoms with Crippen molar-refractivity contribution in [1.82, 2.24) is 0 Å². The average Bonchev–Trinajstić information content (AvgIpc) is 3.16. The average molecular weight is 825 g/mol. The van der Waals surface area contributed by atoms with Gasteiger partial charge in [-0.15, -0.1) is 0 Å². The van der Waals surface area contributed by atoms with Crippen LogP contribution in [0.4, 0.5) is 0 Å². The van der Waals surface area contributed by atoms with Gasteiger partial charge in [-0.3, -0.25) is 18.6 Å². The smallest absolute Gasteiger partial charge is 0.462 e. The highest BCUT2D eigenvalue weighted by Gasteiger charge is 2.27. The molecule has 0 aliphatic rings. The molecule has 0 rings (SSSR count). The van der Waals surface area contributed by atoms with Crippen molar-refractivity contribution in [1.29, 1.82) is 0 Å². The lowest BCUT2D eigenvalue weighted by Crippen LogP contribution is -2.37. The third-order valence-electron chi connectivity index (χ3n) is 9.62. The van der Waals surface area contributed by atoms with Gasteiger partial charge in [-0.1, -0.05) is 172 Å². The molecular formula is C47H87NO8P+. The minimum atomic E-state index is -4.38. The molecule has 0 radical (unpaired) electrons. The van der Waals surface area contributed by atoms with E-state index in [1.165, 1.54) is 96.3 Å². The quantitative estimate of drug-likeness (QED) is 0.0213. The van der Waals surface area contributed by atoms with E-state index in [0.717, 1.165) is 51.4 Å². The van der Waals surface area contributed by atoms with E-state index in [0.29, 0.717) is 23.9 Å². The Kier molecular flexibility index (Phi) is 38.0. The van der Waals surface area contributed by atoms with Crippen LogP contribution in [0.3, 0.4) is 0 Å². The first-order valence-electron chi connectivity index (χ1n) is 22.9. The highest BCUT2D eigenvalue weighted by molar-refractivity contribution is 7.47. The van der Waals surface area contributed by atoms with Gasteiger partial charge in [-0.2, -0.15) is 0 Å². The van der Waals surface area contributed by atoms with E-state index in [-0.39, 0.29) is 26.1 Å². The summed E-state index contributed by atoms with van der Waals surface area (Å²) in [5.74, 6) is -0.844. The summed E-state index contributed by atoms with van der Waals surface area (Å²) in [6, 6.07) is 0. The molecule has 9 nitrogen and oxygen atoms in total. The highest BCUT2D eigenvalue weighted by atomic mass is 31.2. The Morgan fingerprint density at radius 2 is 1.00 bits per heavy atom. The third-order valence-corrected chi connectivity index (χ3v) is 10.6. The minimum absolute atomic E-state index is 0.0248. The van der Waals surface area contributed by atoms with Crippen LogP contribution in [0.5, 0.6) is 0 Å². The number of quaternary nitrogens is 1. The first-order chi connectivity index (χ1) is 27.5. The molecule has 57 heavy (non-hydrogen) atoms. The largest absolute Gasteiger partial charge is 0.472 e. The third kappa shape index (κ3) is 43.4. The molecular weight excluding hydrogens is 737 g/mol. The summed E-state index contributed by atoms with van der Waals surface area (Å²) in [6.07, 6.45) is 45.9.